The molecule has 0 aromatic carbocycles. The van der Waals surface area contributed by atoms with Crippen LogP contribution >= 0.6 is 0 Å². The van der Waals surface area contributed by atoms with Crippen LogP contribution in [0.3, 0.4) is 0 Å². The Labute approximate surface area is 95.1 Å². The third-order valence-corrected chi connectivity index (χ3v) is 2.02. The maximum absolute atomic E-state index is 10.6. The van der Waals surface area contributed by atoms with Gasteiger partial charge in [-0.15, -0.1) is 0 Å². The molecule has 16 heavy (non-hydrogen) atoms. The van der Waals surface area contributed by atoms with Gasteiger partial charge in [-0.05, 0) is 18.8 Å². The number of ether oxygens (including phenoxy) is 2. The van der Waals surface area contributed by atoms with E-state index >= 15 is 0 Å². The number of hydrogen-bond acceptors (Lipinski definition) is 5. The molecule has 0 aromatic heterocycles. The summed E-state index contributed by atoms with van der Waals surface area (Å²) in [5.41, 5.74) is 0. The predicted molar refractivity (Wildman–Crippen MR) is 56.6 cm³/mol. The third kappa shape index (κ3) is 7.96. The zero-order chi connectivity index (χ0) is 12.6. The van der Waals surface area contributed by atoms with Crippen LogP contribution in [0.15, 0.2) is 0 Å². The van der Waals surface area contributed by atoms with Crippen molar-refractivity contribution in [3.63, 3.8) is 0 Å². The van der Waals surface area contributed by atoms with E-state index in [0.717, 1.165) is 0 Å². The van der Waals surface area contributed by atoms with E-state index in [9.17, 15) is 14.4 Å². The summed E-state index contributed by atoms with van der Waals surface area (Å²) < 4.78 is 9.56. The number of aldehydes is 1. The Balaban J connectivity index is 3.82. The zero-order valence-corrected chi connectivity index (χ0v) is 9.89. The first-order valence-corrected chi connectivity index (χ1v) is 5.21. The average Bonchev–Trinajstić information content (AvgIpc) is 2.15. The highest BCUT2D eigenvalue weighted by Crippen LogP contribution is 2.12. The van der Waals surface area contributed by atoms with Gasteiger partial charge in [0.25, 0.3) is 0 Å². The minimum Gasteiger partial charge on any atom is -0.466 e. The Morgan fingerprint density at radius 3 is 2.31 bits per heavy atom. The first kappa shape index (κ1) is 14.6. The van der Waals surface area contributed by atoms with Crippen LogP contribution in [0.2, 0.25) is 0 Å². The fraction of sp³-hybridized carbons (Fsp3) is 0.727. The molecule has 0 aromatic rings. The molecule has 0 aliphatic heterocycles. The largest absolute Gasteiger partial charge is 0.466 e. The monoisotopic (exact) mass is 230 g/mol. The maximum Gasteiger partial charge on any atom is 0.303 e. The molecule has 0 heterocycles. The molecule has 0 rings (SSSR count). The van der Waals surface area contributed by atoms with Crippen molar-refractivity contribution in [3.05, 3.63) is 0 Å². The molecular formula is C11H18O5. The molecule has 0 spiro atoms. The van der Waals surface area contributed by atoms with E-state index in [1.807, 2.05) is 6.92 Å². The quantitative estimate of drug-likeness (QED) is 0.483. The number of rotatable bonds is 7. The van der Waals surface area contributed by atoms with Gasteiger partial charge >= 0.3 is 11.9 Å². The van der Waals surface area contributed by atoms with Gasteiger partial charge < -0.3 is 9.47 Å². The average molecular weight is 230 g/mol. The van der Waals surface area contributed by atoms with Crippen molar-refractivity contribution < 1.29 is 23.9 Å². The lowest BCUT2D eigenvalue weighted by atomic mass is 10.0. The highest BCUT2D eigenvalue weighted by atomic mass is 16.5. The second-order valence-electron chi connectivity index (χ2n) is 3.75. The first-order valence-electron chi connectivity index (χ1n) is 5.21. The second-order valence-corrected chi connectivity index (χ2v) is 3.75. The molecule has 5 heteroatoms. The minimum atomic E-state index is -0.704. The van der Waals surface area contributed by atoms with Crippen LogP contribution in [0.25, 0.3) is 0 Å². The van der Waals surface area contributed by atoms with E-state index in [2.05, 4.69) is 0 Å². The van der Waals surface area contributed by atoms with Crippen LogP contribution in [-0.2, 0) is 23.9 Å². The van der Waals surface area contributed by atoms with Gasteiger partial charge in [0.2, 0.25) is 0 Å². The minimum absolute atomic E-state index is 0.147. The highest BCUT2D eigenvalue weighted by molar-refractivity contribution is 5.69. The van der Waals surface area contributed by atoms with Gasteiger partial charge in [-0.3, -0.25) is 14.4 Å². The van der Waals surface area contributed by atoms with Crippen molar-refractivity contribution >= 4 is 18.2 Å². The van der Waals surface area contributed by atoms with Gasteiger partial charge in [0, 0.05) is 13.8 Å². The number of esters is 2. The first-order chi connectivity index (χ1) is 7.45. The Bertz CT molecular complexity index is 249. The molecule has 0 fully saturated rings. The van der Waals surface area contributed by atoms with E-state index < -0.39 is 12.1 Å². The molecule has 0 radical (unpaired) electrons. The molecule has 0 amide bonds. The van der Waals surface area contributed by atoms with Crippen LogP contribution in [-0.4, -0.2) is 30.9 Å². The molecule has 0 saturated heterocycles. The second kappa shape index (κ2) is 7.84. The maximum atomic E-state index is 10.6. The molecule has 5 nitrogen and oxygen atoms in total. The van der Waals surface area contributed by atoms with E-state index in [1.165, 1.54) is 13.8 Å². The SMILES string of the molecule is CC(=O)OCC[C@H](C)C[C@H](C=O)OC(C)=O. The smallest absolute Gasteiger partial charge is 0.303 e. The van der Waals surface area contributed by atoms with Gasteiger partial charge in [0.1, 0.15) is 0 Å². The van der Waals surface area contributed by atoms with Crippen LogP contribution in [0.5, 0.6) is 0 Å². The van der Waals surface area contributed by atoms with Crippen molar-refractivity contribution in [1.29, 1.82) is 0 Å². The van der Waals surface area contributed by atoms with Gasteiger partial charge in [-0.25, -0.2) is 0 Å². The van der Waals surface area contributed by atoms with Gasteiger partial charge in [0.05, 0.1) is 6.61 Å². The van der Waals surface area contributed by atoms with E-state index in [0.29, 0.717) is 25.7 Å². The van der Waals surface area contributed by atoms with Crippen LogP contribution < -0.4 is 0 Å². The Morgan fingerprint density at radius 2 is 1.88 bits per heavy atom. The summed E-state index contributed by atoms with van der Waals surface area (Å²) in [5.74, 6) is -0.641. The molecule has 0 saturated carbocycles. The predicted octanol–water partition coefficient (Wildman–Crippen LogP) is 1.10. The molecule has 0 bridgehead atoms. The summed E-state index contributed by atoms with van der Waals surface area (Å²) in [6.45, 7) is 4.84. The zero-order valence-electron chi connectivity index (χ0n) is 9.89. The summed E-state index contributed by atoms with van der Waals surface area (Å²) in [6, 6.07) is 0. The van der Waals surface area contributed by atoms with E-state index in [4.69, 9.17) is 9.47 Å². The Kier molecular flexibility index (Phi) is 7.16. The highest BCUT2D eigenvalue weighted by Gasteiger charge is 2.15. The fourth-order valence-electron chi connectivity index (χ4n) is 1.26. The van der Waals surface area contributed by atoms with Gasteiger partial charge in [-0.1, -0.05) is 6.92 Å². The standard InChI is InChI=1S/C11H18O5/c1-8(4-5-15-9(2)13)6-11(7-12)16-10(3)14/h7-8,11H,4-6H2,1-3H3/t8-,11+/m0/s1. The van der Waals surface area contributed by atoms with Crippen molar-refractivity contribution in [3.8, 4) is 0 Å². The van der Waals surface area contributed by atoms with Crippen molar-refractivity contribution in [2.45, 2.75) is 39.7 Å². The van der Waals surface area contributed by atoms with Crippen LogP contribution in [0, 0.1) is 5.92 Å². The van der Waals surface area contributed by atoms with Crippen LogP contribution in [0.4, 0.5) is 0 Å². The molecule has 92 valence electrons. The van der Waals surface area contributed by atoms with Crippen molar-refractivity contribution in [1.82, 2.24) is 0 Å². The van der Waals surface area contributed by atoms with E-state index in [1.54, 1.807) is 0 Å². The van der Waals surface area contributed by atoms with E-state index in [-0.39, 0.29) is 11.9 Å². The summed E-state index contributed by atoms with van der Waals surface area (Å²) in [4.78, 5) is 31.7. The number of hydrogen-bond donors (Lipinski definition) is 0. The summed E-state index contributed by atoms with van der Waals surface area (Å²) >= 11 is 0. The molecule has 0 aliphatic rings. The summed E-state index contributed by atoms with van der Waals surface area (Å²) in [5, 5.41) is 0. The Morgan fingerprint density at radius 1 is 1.25 bits per heavy atom. The van der Waals surface area contributed by atoms with Gasteiger partial charge in [0.15, 0.2) is 12.4 Å². The summed E-state index contributed by atoms with van der Waals surface area (Å²) in [7, 11) is 0. The number of carbonyl (C=O) groups excluding carboxylic acids is 3. The lowest BCUT2D eigenvalue weighted by molar-refractivity contribution is -0.150. The molecule has 0 N–H and O–H groups in total. The third-order valence-electron chi connectivity index (χ3n) is 2.02. The Hall–Kier alpha value is -1.39. The molecule has 0 unspecified atom stereocenters. The van der Waals surface area contributed by atoms with Crippen LogP contribution in [0.1, 0.15) is 33.6 Å². The van der Waals surface area contributed by atoms with Crippen molar-refractivity contribution in [2.24, 2.45) is 5.92 Å². The fourth-order valence-corrected chi connectivity index (χ4v) is 1.26. The lowest BCUT2D eigenvalue weighted by Crippen LogP contribution is -2.21. The molecule has 0 aliphatic carbocycles. The van der Waals surface area contributed by atoms with Gasteiger partial charge in [-0.2, -0.15) is 0 Å². The lowest BCUT2D eigenvalue weighted by Gasteiger charge is -2.15. The normalized spacial score (nSPS) is 13.7. The summed E-state index contributed by atoms with van der Waals surface area (Å²) in [6.07, 6.45) is 1.00. The molecular weight excluding hydrogens is 212 g/mol. The molecule has 2 atom stereocenters. The topological polar surface area (TPSA) is 69.7 Å². The van der Waals surface area contributed by atoms with Crippen molar-refractivity contribution in [2.75, 3.05) is 6.61 Å². The number of carbonyl (C=O) groups is 3.